The Morgan fingerprint density at radius 2 is 0.381 bits per heavy atom. The minimum atomic E-state index is -4.96. The van der Waals surface area contributed by atoms with Gasteiger partial charge in [0, 0.05) is 25.7 Å². The molecule has 0 heterocycles. The Morgan fingerprint density at radius 1 is 0.229 bits per heavy atom. The number of hydrogen-bond acceptors (Lipinski definition) is 15. The molecule has 19 heteroatoms. The summed E-state index contributed by atoms with van der Waals surface area (Å²) >= 11 is 0. The maximum Gasteiger partial charge on any atom is 0.472 e. The van der Waals surface area contributed by atoms with Crippen LogP contribution in [0.2, 0.25) is 0 Å². The largest absolute Gasteiger partial charge is 0.472 e. The number of aliphatic hydroxyl groups is 1. The maximum absolute atomic E-state index is 13.1. The lowest BCUT2D eigenvalue weighted by atomic mass is 10.0. The van der Waals surface area contributed by atoms with Crippen LogP contribution in [0.25, 0.3) is 0 Å². The number of aliphatic hydroxyl groups excluding tert-OH is 1. The van der Waals surface area contributed by atoms with Crippen LogP contribution in [0.15, 0.2) is 0 Å². The molecule has 0 bridgehead atoms. The fraction of sp³-hybridized carbons (Fsp3) is 0.953. The summed E-state index contributed by atoms with van der Waals surface area (Å²) in [5, 5.41) is 10.7. The van der Waals surface area contributed by atoms with Crippen LogP contribution in [0.3, 0.4) is 0 Å². The van der Waals surface area contributed by atoms with Crippen molar-refractivity contribution in [3.63, 3.8) is 0 Å². The second kappa shape index (κ2) is 80.1. The molecule has 0 radical (unpaired) electrons. The van der Waals surface area contributed by atoms with E-state index in [1.54, 1.807) is 0 Å². The minimum absolute atomic E-state index is 0.109. The van der Waals surface area contributed by atoms with Crippen molar-refractivity contribution in [2.45, 2.75) is 489 Å². The van der Waals surface area contributed by atoms with Gasteiger partial charge in [0.15, 0.2) is 12.2 Å². The first-order chi connectivity index (χ1) is 51.2. The van der Waals surface area contributed by atoms with E-state index >= 15 is 0 Å². The maximum atomic E-state index is 13.1. The van der Waals surface area contributed by atoms with Crippen LogP contribution in [0.4, 0.5) is 0 Å². The Morgan fingerprint density at radius 3 is 0.562 bits per heavy atom. The third-order valence-electron chi connectivity index (χ3n) is 20.4. The van der Waals surface area contributed by atoms with Gasteiger partial charge in [0.25, 0.3) is 0 Å². The first-order valence-corrected chi connectivity index (χ1v) is 47.8. The number of esters is 4. The summed E-state index contributed by atoms with van der Waals surface area (Å²) in [5.41, 5.74) is 0. The molecule has 624 valence electrons. The standard InChI is InChI=1S/C86H168O17P2/c1-5-9-13-17-21-25-29-32-35-37-39-40-41-43-45-47-50-53-57-61-65-69-73-86(91)103-82(77-97-84(89)71-67-63-59-55-51-49-46-44-42-38-36-33-30-26-22-18-14-10-6-2)79-101-105(94,95)99-75-80(87)74-98-104(92,93)100-78-81(76-96-83(88)70-66-62-58-54-28-24-20-16-12-8-4)102-85(90)72-68-64-60-56-52-48-34-31-27-23-19-15-11-7-3/h80-82,87H,5-79H2,1-4H3,(H,92,93)(H,94,95)/t80-,81+,82+/m0/s1. The van der Waals surface area contributed by atoms with Crippen molar-refractivity contribution in [1.82, 2.24) is 0 Å². The van der Waals surface area contributed by atoms with Gasteiger partial charge in [-0.2, -0.15) is 0 Å². The molecule has 0 aromatic heterocycles. The molecule has 0 saturated heterocycles. The molecule has 0 fully saturated rings. The van der Waals surface area contributed by atoms with E-state index < -0.39 is 97.5 Å². The van der Waals surface area contributed by atoms with E-state index in [1.807, 2.05) is 0 Å². The number of carbonyl (C=O) groups excluding carboxylic acids is 4. The molecule has 0 rings (SSSR count). The van der Waals surface area contributed by atoms with Crippen molar-refractivity contribution in [3.05, 3.63) is 0 Å². The summed E-state index contributed by atoms with van der Waals surface area (Å²) in [6.07, 6.45) is 75.1. The van der Waals surface area contributed by atoms with Gasteiger partial charge in [-0.05, 0) is 25.7 Å². The summed E-state index contributed by atoms with van der Waals surface area (Å²) in [6.45, 7) is 5.05. The summed E-state index contributed by atoms with van der Waals surface area (Å²) in [5.74, 6) is -2.10. The molecule has 0 aliphatic carbocycles. The van der Waals surface area contributed by atoms with E-state index in [1.165, 1.54) is 302 Å². The quantitative estimate of drug-likeness (QED) is 0.0222. The highest BCUT2D eigenvalue weighted by molar-refractivity contribution is 7.47. The molecule has 17 nitrogen and oxygen atoms in total. The summed E-state index contributed by atoms with van der Waals surface area (Å²) in [6, 6.07) is 0. The van der Waals surface area contributed by atoms with Crippen LogP contribution in [0.1, 0.15) is 471 Å². The fourth-order valence-electron chi connectivity index (χ4n) is 13.5. The molecule has 3 N–H and O–H groups in total. The van der Waals surface area contributed by atoms with Crippen LogP contribution in [-0.4, -0.2) is 96.7 Å². The number of ether oxygens (including phenoxy) is 4. The number of carbonyl (C=O) groups is 4. The zero-order valence-electron chi connectivity index (χ0n) is 68.7. The van der Waals surface area contributed by atoms with Crippen molar-refractivity contribution < 1.29 is 80.2 Å². The van der Waals surface area contributed by atoms with Crippen LogP contribution < -0.4 is 0 Å². The number of phosphoric ester groups is 2. The second-order valence-corrected chi connectivity index (χ2v) is 33.8. The zero-order chi connectivity index (χ0) is 76.7. The van der Waals surface area contributed by atoms with Crippen molar-refractivity contribution in [1.29, 1.82) is 0 Å². The molecule has 5 atom stereocenters. The van der Waals surface area contributed by atoms with E-state index in [0.717, 1.165) is 89.9 Å². The molecule has 105 heavy (non-hydrogen) atoms. The van der Waals surface area contributed by atoms with Gasteiger partial charge < -0.3 is 33.8 Å². The predicted octanol–water partition coefficient (Wildman–Crippen LogP) is 26.5. The lowest BCUT2D eigenvalue weighted by Gasteiger charge is -2.21. The smallest absolute Gasteiger partial charge is 0.462 e. The van der Waals surface area contributed by atoms with Gasteiger partial charge in [-0.3, -0.25) is 37.3 Å². The van der Waals surface area contributed by atoms with Gasteiger partial charge in [0.2, 0.25) is 0 Å². The highest BCUT2D eigenvalue weighted by Gasteiger charge is 2.30. The molecular weight excluding hydrogens is 1370 g/mol. The van der Waals surface area contributed by atoms with Gasteiger partial charge in [-0.15, -0.1) is 0 Å². The van der Waals surface area contributed by atoms with Crippen molar-refractivity contribution >= 4 is 39.5 Å². The normalized spacial score (nSPS) is 13.7. The molecule has 0 aliphatic heterocycles. The predicted molar refractivity (Wildman–Crippen MR) is 432 cm³/mol. The molecule has 0 saturated carbocycles. The molecule has 0 spiro atoms. The first-order valence-electron chi connectivity index (χ1n) is 44.8. The van der Waals surface area contributed by atoms with Crippen molar-refractivity contribution in [3.8, 4) is 0 Å². The molecule has 0 aromatic rings. The minimum Gasteiger partial charge on any atom is -0.462 e. The van der Waals surface area contributed by atoms with Crippen LogP contribution in [0, 0.1) is 0 Å². The number of hydrogen-bond donors (Lipinski definition) is 3. The monoisotopic (exact) mass is 1540 g/mol. The summed E-state index contributed by atoms with van der Waals surface area (Å²) in [4.78, 5) is 73.2. The molecule has 0 aliphatic rings. The number of rotatable bonds is 87. The zero-order valence-corrected chi connectivity index (χ0v) is 70.5. The van der Waals surface area contributed by atoms with E-state index in [0.29, 0.717) is 25.7 Å². The molecule has 2 unspecified atom stereocenters. The van der Waals surface area contributed by atoms with Crippen molar-refractivity contribution in [2.24, 2.45) is 0 Å². The molecule has 0 aromatic carbocycles. The Labute approximate surface area is 645 Å². The molecule has 0 amide bonds. The van der Waals surface area contributed by atoms with Crippen LogP contribution in [0.5, 0.6) is 0 Å². The average molecular weight is 1540 g/mol. The van der Waals surface area contributed by atoms with Gasteiger partial charge in [0.05, 0.1) is 26.4 Å². The lowest BCUT2D eigenvalue weighted by Crippen LogP contribution is -2.30. The Hall–Kier alpha value is -1.94. The fourth-order valence-corrected chi connectivity index (χ4v) is 15.1. The highest BCUT2D eigenvalue weighted by Crippen LogP contribution is 2.45. The SMILES string of the molecule is CCCCCCCCCCCCCCCCCCCCCCCCC(=O)O[C@H](COC(=O)CCCCCCCCCCCCCCCCCCCCC)COP(=O)(O)OC[C@@H](O)COP(=O)(O)OC[C@@H](COC(=O)CCCCCCCCCCCC)OC(=O)CCCCCCCCCCCCCCCC. The second-order valence-electron chi connectivity index (χ2n) is 30.9. The van der Waals surface area contributed by atoms with Crippen LogP contribution >= 0.6 is 15.6 Å². The highest BCUT2D eigenvalue weighted by atomic mass is 31.2. The van der Waals surface area contributed by atoms with Gasteiger partial charge in [0.1, 0.15) is 19.3 Å². The van der Waals surface area contributed by atoms with Gasteiger partial charge in [-0.25, -0.2) is 9.13 Å². The van der Waals surface area contributed by atoms with E-state index in [9.17, 15) is 43.2 Å². The topological polar surface area (TPSA) is 237 Å². The van der Waals surface area contributed by atoms with E-state index in [4.69, 9.17) is 37.0 Å². The number of phosphoric acid groups is 2. The third kappa shape index (κ3) is 79.9. The first kappa shape index (κ1) is 103. The van der Waals surface area contributed by atoms with E-state index in [-0.39, 0.29) is 25.7 Å². The summed E-state index contributed by atoms with van der Waals surface area (Å²) < 4.78 is 68.9. The Bertz CT molecular complexity index is 1980. The van der Waals surface area contributed by atoms with Gasteiger partial charge >= 0.3 is 39.5 Å². The third-order valence-corrected chi connectivity index (χ3v) is 22.3. The average Bonchev–Trinajstić information content (AvgIpc) is 0.907. The molecular formula is C86H168O17P2. The summed E-state index contributed by atoms with van der Waals surface area (Å²) in [7, 11) is -9.92. The lowest BCUT2D eigenvalue weighted by molar-refractivity contribution is -0.161. The van der Waals surface area contributed by atoms with E-state index in [2.05, 4.69) is 27.7 Å². The van der Waals surface area contributed by atoms with Gasteiger partial charge in [-0.1, -0.05) is 419 Å². The number of unbranched alkanes of at least 4 members (excludes halogenated alkanes) is 61. The Kier molecular flexibility index (Phi) is 78.6. The Balaban J connectivity index is 5.20. The van der Waals surface area contributed by atoms with Crippen LogP contribution in [-0.2, 0) is 65.4 Å². The van der Waals surface area contributed by atoms with Crippen molar-refractivity contribution in [2.75, 3.05) is 39.6 Å².